The maximum atomic E-state index is 13.9. The molecule has 1 aromatic heterocycles. The number of aromatic nitrogens is 4. The first kappa shape index (κ1) is 13.4. The minimum atomic E-state index is -0.622. The lowest BCUT2D eigenvalue weighted by Crippen LogP contribution is -2.02. The Morgan fingerprint density at radius 3 is 2.62 bits per heavy atom. The van der Waals surface area contributed by atoms with Crippen LogP contribution in [-0.4, -0.2) is 20.2 Å². The number of hydrogen-bond donors (Lipinski definition) is 1. The van der Waals surface area contributed by atoms with Gasteiger partial charge in [-0.1, -0.05) is 11.6 Å². The van der Waals surface area contributed by atoms with Gasteiger partial charge in [0.2, 0.25) is 0 Å². The smallest absolute Gasteiger partial charge is 0.190 e. The molecule has 0 aliphatic rings. The first-order chi connectivity index (χ1) is 10.1. The molecule has 21 heavy (non-hydrogen) atoms. The second-order valence-electron chi connectivity index (χ2n) is 4.25. The molecule has 1 heterocycles. The molecule has 0 atom stereocenters. The predicted molar refractivity (Wildman–Crippen MR) is 73.9 cm³/mol. The Balaban J connectivity index is 2.17. The summed E-state index contributed by atoms with van der Waals surface area (Å²) in [7, 11) is 0. The summed E-state index contributed by atoms with van der Waals surface area (Å²) in [5.41, 5.74) is 6.45. The van der Waals surface area contributed by atoms with Gasteiger partial charge in [0, 0.05) is 11.8 Å². The van der Waals surface area contributed by atoms with Crippen molar-refractivity contribution in [2.24, 2.45) is 0 Å². The Morgan fingerprint density at radius 2 is 1.86 bits per heavy atom. The van der Waals surface area contributed by atoms with Crippen LogP contribution in [0.2, 0.25) is 5.02 Å². The Hall–Kier alpha value is -2.54. The summed E-state index contributed by atoms with van der Waals surface area (Å²) in [6, 6.07) is 8.10. The molecule has 0 saturated heterocycles. The third-order valence-electron chi connectivity index (χ3n) is 2.85. The van der Waals surface area contributed by atoms with E-state index in [9.17, 15) is 8.78 Å². The van der Waals surface area contributed by atoms with E-state index in [-0.39, 0.29) is 16.4 Å². The highest BCUT2D eigenvalue weighted by Gasteiger charge is 2.16. The standard InChI is InChI=1S/C13H8ClF2N5/c14-10-3-2-8(6-12(10)16)21-13(18-19-20-21)9-5-7(17)1-4-11(9)15/h1-6H,17H2. The lowest BCUT2D eigenvalue weighted by molar-refractivity contribution is 0.624. The van der Waals surface area contributed by atoms with Crippen LogP contribution in [0, 0.1) is 11.6 Å². The van der Waals surface area contributed by atoms with Crippen molar-refractivity contribution < 1.29 is 8.78 Å². The summed E-state index contributed by atoms with van der Waals surface area (Å²) < 4.78 is 28.7. The Morgan fingerprint density at radius 1 is 1.05 bits per heavy atom. The molecule has 0 saturated carbocycles. The molecule has 0 bridgehead atoms. The minimum absolute atomic E-state index is 0.0245. The van der Waals surface area contributed by atoms with E-state index >= 15 is 0 Å². The van der Waals surface area contributed by atoms with Crippen LogP contribution < -0.4 is 5.73 Å². The second kappa shape index (κ2) is 5.10. The van der Waals surface area contributed by atoms with Gasteiger partial charge >= 0.3 is 0 Å². The number of nitrogens with two attached hydrogens (primary N) is 1. The number of nitrogens with zero attached hydrogens (tertiary/aromatic N) is 4. The summed E-state index contributed by atoms with van der Waals surface area (Å²) in [5.74, 6) is -1.04. The topological polar surface area (TPSA) is 69.6 Å². The van der Waals surface area contributed by atoms with Gasteiger partial charge in [-0.05, 0) is 40.8 Å². The van der Waals surface area contributed by atoms with Gasteiger partial charge in [0.1, 0.15) is 11.6 Å². The van der Waals surface area contributed by atoms with Crippen molar-refractivity contribution in [2.75, 3.05) is 5.73 Å². The molecule has 8 heteroatoms. The highest BCUT2D eigenvalue weighted by molar-refractivity contribution is 6.30. The molecular weight excluding hydrogens is 300 g/mol. The zero-order chi connectivity index (χ0) is 15.0. The fraction of sp³-hybridized carbons (Fsp3) is 0. The fourth-order valence-electron chi connectivity index (χ4n) is 1.86. The van der Waals surface area contributed by atoms with Crippen molar-refractivity contribution in [3.63, 3.8) is 0 Å². The van der Waals surface area contributed by atoms with Gasteiger partial charge in [-0.3, -0.25) is 0 Å². The quantitative estimate of drug-likeness (QED) is 0.739. The van der Waals surface area contributed by atoms with Crippen molar-refractivity contribution in [3.05, 3.63) is 53.1 Å². The average Bonchev–Trinajstić information content (AvgIpc) is 2.93. The van der Waals surface area contributed by atoms with Crippen LogP contribution in [-0.2, 0) is 0 Å². The van der Waals surface area contributed by atoms with Crippen LogP contribution in [0.25, 0.3) is 17.1 Å². The maximum absolute atomic E-state index is 13.9. The summed E-state index contributed by atoms with van der Waals surface area (Å²) in [5, 5.41) is 11.0. The van der Waals surface area contributed by atoms with Crippen LogP contribution in [0.15, 0.2) is 36.4 Å². The van der Waals surface area contributed by atoms with Gasteiger partial charge in [-0.25, -0.2) is 8.78 Å². The second-order valence-corrected chi connectivity index (χ2v) is 4.66. The fourth-order valence-corrected chi connectivity index (χ4v) is 1.98. The maximum Gasteiger partial charge on any atom is 0.190 e. The average molecular weight is 308 g/mol. The zero-order valence-electron chi connectivity index (χ0n) is 10.5. The minimum Gasteiger partial charge on any atom is -0.399 e. The Bertz CT molecular complexity index is 818. The lowest BCUT2D eigenvalue weighted by atomic mass is 10.1. The van der Waals surface area contributed by atoms with Gasteiger partial charge < -0.3 is 5.73 Å². The van der Waals surface area contributed by atoms with E-state index in [4.69, 9.17) is 17.3 Å². The van der Waals surface area contributed by atoms with Gasteiger partial charge in [0.25, 0.3) is 0 Å². The number of tetrazole rings is 1. The summed E-state index contributed by atoms with van der Waals surface area (Å²) in [6.07, 6.45) is 0. The van der Waals surface area contributed by atoms with E-state index in [0.717, 1.165) is 6.07 Å². The molecule has 106 valence electrons. The Kier molecular flexibility index (Phi) is 3.26. The number of anilines is 1. The highest BCUT2D eigenvalue weighted by atomic mass is 35.5. The highest BCUT2D eigenvalue weighted by Crippen LogP contribution is 2.25. The predicted octanol–water partition coefficient (Wildman–Crippen LogP) is 2.84. The van der Waals surface area contributed by atoms with Crippen LogP contribution in [0.1, 0.15) is 0 Å². The molecule has 3 aromatic rings. The van der Waals surface area contributed by atoms with Crippen LogP contribution in [0.3, 0.4) is 0 Å². The monoisotopic (exact) mass is 307 g/mol. The molecular formula is C13H8ClF2N5. The Labute approximate surface area is 123 Å². The van der Waals surface area contributed by atoms with E-state index in [1.165, 1.54) is 35.0 Å². The lowest BCUT2D eigenvalue weighted by Gasteiger charge is -2.07. The SMILES string of the molecule is Nc1ccc(F)c(-c2nnnn2-c2ccc(Cl)c(F)c2)c1. The largest absolute Gasteiger partial charge is 0.399 e. The van der Waals surface area contributed by atoms with E-state index in [0.29, 0.717) is 11.4 Å². The third-order valence-corrected chi connectivity index (χ3v) is 3.16. The van der Waals surface area contributed by atoms with Crippen LogP contribution in [0.4, 0.5) is 14.5 Å². The molecule has 0 spiro atoms. The third kappa shape index (κ3) is 2.43. The molecule has 5 nitrogen and oxygen atoms in total. The van der Waals surface area contributed by atoms with E-state index in [1.807, 2.05) is 0 Å². The van der Waals surface area contributed by atoms with E-state index < -0.39 is 11.6 Å². The first-order valence-corrected chi connectivity index (χ1v) is 6.23. The number of nitrogen functional groups attached to an aromatic ring is 1. The van der Waals surface area contributed by atoms with Gasteiger partial charge in [-0.2, -0.15) is 4.68 Å². The summed E-state index contributed by atoms with van der Waals surface area (Å²) in [6.45, 7) is 0. The van der Waals surface area contributed by atoms with Crippen LogP contribution >= 0.6 is 11.6 Å². The number of benzene rings is 2. The molecule has 2 N–H and O–H groups in total. The number of hydrogen-bond acceptors (Lipinski definition) is 4. The van der Waals surface area contributed by atoms with E-state index in [2.05, 4.69) is 15.5 Å². The summed E-state index contributed by atoms with van der Waals surface area (Å²) >= 11 is 5.63. The van der Waals surface area contributed by atoms with Crippen molar-refractivity contribution in [1.29, 1.82) is 0 Å². The van der Waals surface area contributed by atoms with Crippen molar-refractivity contribution in [2.45, 2.75) is 0 Å². The molecule has 2 aromatic carbocycles. The molecule has 0 unspecified atom stereocenters. The molecule has 0 amide bonds. The molecule has 0 radical (unpaired) electrons. The van der Waals surface area contributed by atoms with E-state index in [1.54, 1.807) is 0 Å². The van der Waals surface area contributed by atoms with Crippen molar-refractivity contribution in [1.82, 2.24) is 20.2 Å². The zero-order valence-corrected chi connectivity index (χ0v) is 11.2. The van der Waals surface area contributed by atoms with Crippen molar-refractivity contribution >= 4 is 17.3 Å². The molecule has 0 aliphatic heterocycles. The normalized spacial score (nSPS) is 10.8. The first-order valence-electron chi connectivity index (χ1n) is 5.85. The molecule has 0 fully saturated rings. The van der Waals surface area contributed by atoms with Gasteiger partial charge in [0.05, 0.1) is 16.3 Å². The van der Waals surface area contributed by atoms with Crippen LogP contribution in [0.5, 0.6) is 0 Å². The van der Waals surface area contributed by atoms with Crippen molar-refractivity contribution in [3.8, 4) is 17.1 Å². The number of rotatable bonds is 2. The van der Waals surface area contributed by atoms with Gasteiger partial charge in [0.15, 0.2) is 5.82 Å². The molecule has 0 aliphatic carbocycles. The summed E-state index contributed by atoms with van der Waals surface area (Å²) in [4.78, 5) is 0. The number of halogens is 3. The van der Waals surface area contributed by atoms with Gasteiger partial charge in [-0.15, -0.1) is 5.10 Å². The molecule has 3 rings (SSSR count).